The summed E-state index contributed by atoms with van der Waals surface area (Å²) in [4.78, 5) is 28.8. The average Bonchev–Trinajstić information content (AvgIpc) is 2.81. The molecule has 0 saturated carbocycles. The summed E-state index contributed by atoms with van der Waals surface area (Å²) in [6.45, 7) is 1.58. The first-order valence-electron chi connectivity index (χ1n) is 10.3. The number of aliphatic carboxylic acids is 1. The highest BCUT2D eigenvalue weighted by molar-refractivity contribution is 7.92. The van der Waals surface area contributed by atoms with Crippen LogP contribution in [-0.4, -0.2) is 30.5 Å². The Morgan fingerprint density at radius 1 is 1.03 bits per heavy atom. The van der Waals surface area contributed by atoms with Crippen LogP contribution in [0.2, 0.25) is 0 Å². The summed E-state index contributed by atoms with van der Waals surface area (Å²) in [5, 5.41) is 12.3. The van der Waals surface area contributed by atoms with Crippen LogP contribution < -0.4 is 15.7 Å². The van der Waals surface area contributed by atoms with Crippen LogP contribution in [-0.2, 0) is 21.2 Å². The minimum atomic E-state index is -3.86. The number of nitrogens with one attached hydrogen (secondary N) is 2. The number of aryl methyl sites for hydroxylation is 1. The predicted molar refractivity (Wildman–Crippen MR) is 127 cm³/mol. The van der Waals surface area contributed by atoms with Crippen molar-refractivity contribution in [2.75, 3.05) is 10.0 Å². The van der Waals surface area contributed by atoms with Gasteiger partial charge in [0.15, 0.2) is 0 Å². The number of carbonyl (C=O) groups is 1. The Kier molecular flexibility index (Phi) is 6.33. The number of aromatic nitrogens is 1. The Labute approximate surface area is 195 Å². The fourth-order valence-electron chi connectivity index (χ4n) is 3.49. The molecule has 0 aliphatic rings. The van der Waals surface area contributed by atoms with Crippen LogP contribution in [0, 0.1) is 6.92 Å². The van der Waals surface area contributed by atoms with Gasteiger partial charge >= 0.3 is 11.6 Å². The molecule has 0 saturated heterocycles. The van der Waals surface area contributed by atoms with Crippen molar-refractivity contribution in [3.05, 3.63) is 94.3 Å². The Morgan fingerprint density at radius 3 is 2.32 bits per heavy atom. The molecule has 9 nitrogen and oxygen atoms in total. The van der Waals surface area contributed by atoms with Crippen molar-refractivity contribution < 1.29 is 22.7 Å². The molecule has 0 spiro atoms. The molecule has 4 aromatic rings. The van der Waals surface area contributed by atoms with Gasteiger partial charge in [-0.2, -0.15) is 4.98 Å². The molecule has 0 amide bonds. The number of anilines is 2. The van der Waals surface area contributed by atoms with Crippen molar-refractivity contribution >= 4 is 38.6 Å². The van der Waals surface area contributed by atoms with Crippen LogP contribution >= 0.6 is 0 Å². The molecule has 0 unspecified atom stereocenters. The van der Waals surface area contributed by atoms with Crippen molar-refractivity contribution in [1.29, 1.82) is 0 Å². The lowest BCUT2D eigenvalue weighted by molar-refractivity contribution is -0.137. The molecular weight excluding hydrogens is 458 g/mol. The molecule has 0 fully saturated rings. The molecule has 174 valence electrons. The van der Waals surface area contributed by atoms with Gasteiger partial charge in [0.1, 0.15) is 6.04 Å². The number of carboxylic acids is 1. The second-order valence-corrected chi connectivity index (χ2v) is 9.26. The number of carboxylic acid groups (broad SMARTS) is 1. The van der Waals surface area contributed by atoms with Gasteiger partial charge in [0.25, 0.3) is 16.0 Å². The van der Waals surface area contributed by atoms with E-state index in [0.717, 1.165) is 5.56 Å². The van der Waals surface area contributed by atoms with Gasteiger partial charge in [0.2, 0.25) is 0 Å². The van der Waals surface area contributed by atoms with Crippen molar-refractivity contribution in [3.8, 4) is 0 Å². The van der Waals surface area contributed by atoms with E-state index in [1.165, 1.54) is 24.3 Å². The number of hydrogen-bond donors (Lipinski definition) is 3. The van der Waals surface area contributed by atoms with Gasteiger partial charge in [-0.25, -0.2) is 18.0 Å². The Morgan fingerprint density at radius 2 is 1.68 bits per heavy atom. The molecule has 1 aromatic heterocycles. The third-order valence-electron chi connectivity index (χ3n) is 5.23. The molecule has 0 aliphatic heterocycles. The van der Waals surface area contributed by atoms with Gasteiger partial charge in [-0.15, -0.1) is 0 Å². The minimum Gasteiger partial charge on any atom is -0.480 e. The maximum atomic E-state index is 12.7. The maximum absolute atomic E-state index is 12.7. The lowest BCUT2D eigenvalue weighted by Gasteiger charge is -2.15. The smallest absolute Gasteiger partial charge is 0.348 e. The molecule has 34 heavy (non-hydrogen) atoms. The third-order valence-corrected chi connectivity index (χ3v) is 6.62. The fraction of sp³-hybridized carbons (Fsp3) is 0.125. The van der Waals surface area contributed by atoms with Crippen molar-refractivity contribution in [3.63, 3.8) is 0 Å². The van der Waals surface area contributed by atoms with Crippen molar-refractivity contribution in [2.45, 2.75) is 24.3 Å². The zero-order chi connectivity index (χ0) is 24.3. The van der Waals surface area contributed by atoms with Gasteiger partial charge in [0, 0.05) is 6.42 Å². The average molecular weight is 480 g/mol. The first-order chi connectivity index (χ1) is 16.2. The summed E-state index contributed by atoms with van der Waals surface area (Å²) in [5.41, 5.74) is 0.802. The third kappa shape index (κ3) is 4.91. The van der Waals surface area contributed by atoms with Crippen molar-refractivity contribution in [2.24, 2.45) is 0 Å². The molecule has 3 N–H and O–H groups in total. The lowest BCUT2D eigenvalue weighted by atomic mass is 10.1. The first kappa shape index (κ1) is 23.0. The van der Waals surface area contributed by atoms with Gasteiger partial charge in [-0.05, 0) is 42.3 Å². The number of benzene rings is 3. The van der Waals surface area contributed by atoms with Crippen LogP contribution in [0.1, 0.15) is 11.1 Å². The van der Waals surface area contributed by atoms with E-state index in [-0.39, 0.29) is 33.9 Å². The maximum Gasteiger partial charge on any atom is 0.348 e. The van der Waals surface area contributed by atoms with Crippen LogP contribution in [0.5, 0.6) is 0 Å². The number of fused-ring (bicyclic) bond motifs is 1. The number of rotatable bonds is 8. The number of hydrogen-bond acceptors (Lipinski definition) is 7. The highest BCUT2D eigenvalue weighted by Gasteiger charge is 2.22. The highest BCUT2D eigenvalue weighted by atomic mass is 32.2. The summed E-state index contributed by atoms with van der Waals surface area (Å²) in [7, 11) is -3.86. The minimum absolute atomic E-state index is 0.0809. The van der Waals surface area contributed by atoms with E-state index in [9.17, 15) is 23.1 Å². The largest absolute Gasteiger partial charge is 0.480 e. The summed E-state index contributed by atoms with van der Waals surface area (Å²) in [6.07, 6.45) is 0.152. The Balaban J connectivity index is 1.64. The van der Waals surface area contributed by atoms with Crippen LogP contribution in [0.25, 0.3) is 10.9 Å². The molecule has 1 atom stereocenters. The van der Waals surface area contributed by atoms with Gasteiger partial charge in [0.05, 0.1) is 21.5 Å². The molecule has 4 rings (SSSR count). The highest BCUT2D eigenvalue weighted by Crippen LogP contribution is 2.25. The molecule has 0 aliphatic carbocycles. The molecular formula is C24H21N3O6S. The molecule has 1 heterocycles. The topological polar surface area (TPSA) is 139 Å². The second kappa shape index (κ2) is 9.36. The molecule has 0 radical (unpaired) electrons. The fourth-order valence-corrected chi connectivity index (χ4v) is 4.64. The Bertz CT molecular complexity index is 1500. The summed E-state index contributed by atoms with van der Waals surface area (Å²) < 4.78 is 33.1. The second-order valence-electron chi connectivity index (χ2n) is 7.58. The zero-order valence-electron chi connectivity index (χ0n) is 18.1. The summed E-state index contributed by atoms with van der Waals surface area (Å²) >= 11 is 0. The monoisotopic (exact) mass is 479 g/mol. The van der Waals surface area contributed by atoms with Crippen LogP contribution in [0.4, 0.5) is 11.7 Å². The quantitative estimate of drug-likeness (QED) is 0.349. The van der Waals surface area contributed by atoms with E-state index in [1.54, 1.807) is 49.4 Å². The summed E-state index contributed by atoms with van der Waals surface area (Å²) in [6, 6.07) is 18.5. The van der Waals surface area contributed by atoms with E-state index in [0.29, 0.717) is 5.56 Å². The molecule has 3 aromatic carbocycles. The lowest BCUT2D eigenvalue weighted by Crippen LogP contribution is -2.32. The van der Waals surface area contributed by atoms with E-state index in [4.69, 9.17) is 4.42 Å². The van der Waals surface area contributed by atoms with Gasteiger partial charge in [-0.1, -0.05) is 48.5 Å². The first-order valence-corrected chi connectivity index (χ1v) is 11.8. The zero-order valence-corrected chi connectivity index (χ0v) is 18.9. The van der Waals surface area contributed by atoms with E-state index >= 15 is 0 Å². The van der Waals surface area contributed by atoms with Crippen LogP contribution in [0.15, 0.2) is 86.9 Å². The normalized spacial score (nSPS) is 12.3. The van der Waals surface area contributed by atoms with E-state index < -0.39 is 27.7 Å². The number of nitrogens with zero attached hydrogens (tertiary/aromatic N) is 1. The molecule has 10 heteroatoms. The van der Waals surface area contributed by atoms with E-state index in [2.05, 4.69) is 15.0 Å². The summed E-state index contributed by atoms with van der Waals surface area (Å²) in [5.74, 6) is -1.13. The standard InChI is InChI=1S/C24H21N3O6S/c1-15-18(27-34(31,32)17-10-6-3-7-11-17)12-13-19-21(15)23(30)33-24(25-19)26-20(22(28)29)14-16-8-4-2-5-9-16/h2-13,20,27H,14H2,1H3,(H,25,26)(H,28,29)/t20-/m0/s1. The van der Waals surface area contributed by atoms with Crippen molar-refractivity contribution in [1.82, 2.24) is 4.98 Å². The van der Waals surface area contributed by atoms with Gasteiger partial charge in [-0.3, -0.25) is 4.72 Å². The predicted octanol–water partition coefficient (Wildman–Crippen LogP) is 3.41. The SMILES string of the molecule is Cc1c(NS(=O)(=O)c2ccccc2)ccc2nc(N[C@@H](Cc3ccccc3)C(=O)O)oc(=O)c12. The van der Waals surface area contributed by atoms with Crippen LogP contribution in [0.3, 0.4) is 0 Å². The Hall–Kier alpha value is -4.18. The molecule has 0 bridgehead atoms. The van der Waals surface area contributed by atoms with E-state index in [1.807, 2.05) is 6.07 Å². The number of sulfonamides is 1. The van der Waals surface area contributed by atoms with Gasteiger partial charge < -0.3 is 14.8 Å².